The van der Waals surface area contributed by atoms with Gasteiger partial charge in [-0.3, -0.25) is 20.0 Å². The summed E-state index contributed by atoms with van der Waals surface area (Å²) >= 11 is 0. The van der Waals surface area contributed by atoms with E-state index in [4.69, 9.17) is 9.98 Å². The van der Waals surface area contributed by atoms with Crippen LogP contribution in [-0.4, -0.2) is 22.4 Å². The van der Waals surface area contributed by atoms with E-state index in [1.54, 1.807) is 12.4 Å². The molecule has 2 heterocycles. The molecule has 0 unspecified atom stereocenters. The zero-order valence-corrected chi connectivity index (χ0v) is 22.7. The van der Waals surface area contributed by atoms with Crippen molar-refractivity contribution in [1.82, 2.24) is 9.97 Å². The predicted octanol–water partition coefficient (Wildman–Crippen LogP) is 8.43. The molecular formula is C33H36N4. The Hall–Kier alpha value is -3.92. The van der Waals surface area contributed by atoms with E-state index < -0.39 is 0 Å². The Balaban J connectivity index is 1.66. The summed E-state index contributed by atoms with van der Waals surface area (Å²) in [6.07, 6.45) is 8.18. The van der Waals surface area contributed by atoms with Crippen molar-refractivity contribution in [1.29, 1.82) is 0 Å². The van der Waals surface area contributed by atoms with Crippen LogP contribution in [0.5, 0.6) is 0 Å². The average molecular weight is 489 g/mol. The van der Waals surface area contributed by atoms with Crippen LogP contribution in [0.2, 0.25) is 0 Å². The van der Waals surface area contributed by atoms with E-state index in [9.17, 15) is 0 Å². The Morgan fingerprint density at radius 1 is 0.649 bits per heavy atom. The number of hydrogen-bond donors (Lipinski definition) is 0. The number of aryl methyl sites for hydroxylation is 2. The first-order valence-corrected chi connectivity index (χ1v) is 13.0. The van der Waals surface area contributed by atoms with Crippen LogP contribution in [0.1, 0.15) is 84.3 Å². The number of benzene rings is 2. The Bertz CT molecular complexity index is 1290. The smallest absolute Gasteiger partial charge is 0.0812 e. The second-order valence-electron chi connectivity index (χ2n) is 10.2. The highest BCUT2D eigenvalue weighted by molar-refractivity contribution is 5.81. The molecule has 0 N–H and O–H groups in total. The van der Waals surface area contributed by atoms with Crippen molar-refractivity contribution in [3.05, 3.63) is 118 Å². The molecule has 4 rings (SSSR count). The third-order valence-corrected chi connectivity index (χ3v) is 6.46. The van der Waals surface area contributed by atoms with Crippen molar-refractivity contribution in [2.75, 3.05) is 0 Å². The molecule has 0 saturated heterocycles. The largest absolute Gasteiger partial charge is 0.255 e. The molecule has 4 heteroatoms. The molecule has 0 radical (unpaired) electrons. The lowest BCUT2D eigenvalue weighted by molar-refractivity contribution is 0.857. The van der Waals surface area contributed by atoms with Crippen LogP contribution in [0.25, 0.3) is 0 Å². The van der Waals surface area contributed by atoms with Crippen LogP contribution in [0.3, 0.4) is 0 Å². The van der Waals surface area contributed by atoms with Crippen molar-refractivity contribution < 1.29 is 0 Å². The summed E-state index contributed by atoms with van der Waals surface area (Å²) in [5.74, 6) is 0.733. The number of aromatic nitrogens is 2. The third kappa shape index (κ3) is 6.65. The molecule has 37 heavy (non-hydrogen) atoms. The Morgan fingerprint density at radius 2 is 1.08 bits per heavy atom. The molecule has 0 saturated carbocycles. The standard InChI is InChI=1S/C33H36N4/c1-22(2)30-18-26(15-24(5)32(30)36-20-28-11-7-9-13-34-28)17-27-16-25(6)33(31(19-27)23(3)4)37-21-29-12-8-10-14-35-29/h7-16,18-23H,17H2,1-6H3. The summed E-state index contributed by atoms with van der Waals surface area (Å²) in [5, 5.41) is 0. The summed E-state index contributed by atoms with van der Waals surface area (Å²) in [7, 11) is 0. The van der Waals surface area contributed by atoms with Crippen molar-refractivity contribution >= 4 is 23.8 Å². The molecule has 4 nitrogen and oxygen atoms in total. The van der Waals surface area contributed by atoms with E-state index in [-0.39, 0.29) is 0 Å². The molecule has 0 aliphatic heterocycles. The van der Waals surface area contributed by atoms with Gasteiger partial charge < -0.3 is 0 Å². The molecule has 0 aliphatic carbocycles. The van der Waals surface area contributed by atoms with E-state index in [1.165, 1.54) is 33.4 Å². The van der Waals surface area contributed by atoms with Gasteiger partial charge in [-0.2, -0.15) is 0 Å². The number of hydrogen-bond acceptors (Lipinski definition) is 4. The van der Waals surface area contributed by atoms with Gasteiger partial charge in [0.15, 0.2) is 0 Å². The maximum atomic E-state index is 4.85. The molecule has 0 atom stereocenters. The fraction of sp³-hybridized carbons (Fsp3) is 0.273. The van der Waals surface area contributed by atoms with Gasteiger partial charge in [0.2, 0.25) is 0 Å². The fourth-order valence-corrected chi connectivity index (χ4v) is 4.61. The summed E-state index contributed by atoms with van der Waals surface area (Å²) in [6.45, 7) is 13.2. The van der Waals surface area contributed by atoms with Gasteiger partial charge in [0.05, 0.1) is 35.2 Å². The van der Waals surface area contributed by atoms with Gasteiger partial charge in [0.1, 0.15) is 0 Å². The minimum absolute atomic E-state index is 0.366. The lowest BCUT2D eigenvalue weighted by Gasteiger charge is -2.17. The van der Waals surface area contributed by atoms with E-state index in [0.29, 0.717) is 11.8 Å². The molecule has 0 fully saturated rings. The van der Waals surface area contributed by atoms with Crippen LogP contribution >= 0.6 is 0 Å². The van der Waals surface area contributed by atoms with Crippen molar-refractivity contribution in [2.45, 2.75) is 59.8 Å². The fourth-order valence-electron chi connectivity index (χ4n) is 4.61. The summed E-state index contributed by atoms with van der Waals surface area (Å²) in [6, 6.07) is 20.9. The molecule has 0 amide bonds. The summed E-state index contributed by atoms with van der Waals surface area (Å²) in [4.78, 5) is 18.4. The lowest BCUT2D eigenvalue weighted by Crippen LogP contribution is -1.99. The van der Waals surface area contributed by atoms with E-state index >= 15 is 0 Å². The minimum atomic E-state index is 0.366. The second-order valence-corrected chi connectivity index (χ2v) is 10.2. The highest BCUT2D eigenvalue weighted by Gasteiger charge is 2.14. The van der Waals surface area contributed by atoms with E-state index in [1.807, 2.05) is 48.8 Å². The quantitative estimate of drug-likeness (QED) is 0.234. The van der Waals surface area contributed by atoms with Crippen molar-refractivity contribution in [3.63, 3.8) is 0 Å². The van der Waals surface area contributed by atoms with Gasteiger partial charge >= 0.3 is 0 Å². The Morgan fingerprint density at radius 3 is 1.43 bits per heavy atom. The zero-order chi connectivity index (χ0) is 26.4. The van der Waals surface area contributed by atoms with Gasteiger partial charge in [0.25, 0.3) is 0 Å². The highest BCUT2D eigenvalue weighted by atomic mass is 14.8. The van der Waals surface area contributed by atoms with Crippen LogP contribution in [0.4, 0.5) is 11.4 Å². The Kier molecular flexibility index (Phi) is 8.39. The van der Waals surface area contributed by atoms with Crippen LogP contribution < -0.4 is 0 Å². The van der Waals surface area contributed by atoms with Gasteiger partial charge in [-0.25, -0.2) is 0 Å². The van der Waals surface area contributed by atoms with E-state index in [0.717, 1.165) is 29.2 Å². The second kappa shape index (κ2) is 11.9. The summed E-state index contributed by atoms with van der Waals surface area (Å²) < 4.78 is 0. The Labute approximate surface area is 221 Å². The van der Waals surface area contributed by atoms with Gasteiger partial charge in [-0.15, -0.1) is 0 Å². The topological polar surface area (TPSA) is 50.5 Å². The molecule has 0 spiro atoms. The van der Waals surface area contributed by atoms with Gasteiger partial charge in [-0.05, 0) is 89.8 Å². The third-order valence-electron chi connectivity index (χ3n) is 6.46. The number of pyridine rings is 2. The molecule has 0 bridgehead atoms. The first-order chi connectivity index (χ1) is 17.8. The van der Waals surface area contributed by atoms with Crippen molar-refractivity contribution in [3.8, 4) is 0 Å². The predicted molar refractivity (Wildman–Crippen MR) is 156 cm³/mol. The normalized spacial score (nSPS) is 11.9. The molecule has 4 aromatic rings. The zero-order valence-electron chi connectivity index (χ0n) is 22.7. The number of aliphatic imine (C=N–C) groups is 2. The first kappa shape index (κ1) is 26.2. The lowest BCUT2D eigenvalue weighted by atomic mass is 9.90. The van der Waals surface area contributed by atoms with Crippen LogP contribution in [0.15, 0.2) is 83.0 Å². The number of rotatable bonds is 8. The maximum absolute atomic E-state index is 4.85. The molecule has 188 valence electrons. The SMILES string of the molecule is Cc1cc(Cc2cc(C)c(N=Cc3ccccn3)c(C(C)C)c2)cc(C(C)C)c1N=Cc1ccccn1. The minimum Gasteiger partial charge on any atom is -0.255 e. The maximum Gasteiger partial charge on any atom is 0.0812 e. The highest BCUT2D eigenvalue weighted by Crippen LogP contribution is 2.35. The van der Waals surface area contributed by atoms with Gasteiger partial charge in [-0.1, -0.05) is 64.1 Å². The first-order valence-electron chi connectivity index (χ1n) is 13.0. The van der Waals surface area contributed by atoms with Crippen LogP contribution in [0, 0.1) is 13.8 Å². The molecule has 2 aromatic carbocycles. The number of nitrogens with zero attached hydrogens (tertiary/aromatic N) is 4. The van der Waals surface area contributed by atoms with Gasteiger partial charge in [0, 0.05) is 12.4 Å². The van der Waals surface area contributed by atoms with Crippen molar-refractivity contribution in [2.24, 2.45) is 9.98 Å². The summed E-state index contributed by atoms with van der Waals surface area (Å²) in [5.41, 5.74) is 11.3. The molecule has 2 aromatic heterocycles. The van der Waals surface area contributed by atoms with E-state index in [2.05, 4.69) is 75.8 Å². The van der Waals surface area contributed by atoms with Crippen LogP contribution in [-0.2, 0) is 6.42 Å². The molecular weight excluding hydrogens is 452 g/mol. The average Bonchev–Trinajstić information content (AvgIpc) is 2.88. The monoisotopic (exact) mass is 488 g/mol. The molecule has 0 aliphatic rings.